The normalized spacial score (nSPS) is 21.1. The number of hydrogen-bond acceptors (Lipinski definition) is 6. The SMILES string of the molecule is CCC(C)C(=O)C1(C)OC(=O)c2c1cc(O)c(C(=O)O)c2O. The monoisotopic (exact) mass is 308 g/mol. The van der Waals surface area contributed by atoms with Crippen molar-refractivity contribution in [3.63, 3.8) is 0 Å². The van der Waals surface area contributed by atoms with Crippen LogP contribution < -0.4 is 0 Å². The van der Waals surface area contributed by atoms with Crippen LogP contribution >= 0.6 is 0 Å². The minimum Gasteiger partial charge on any atom is -0.507 e. The second-order valence-electron chi connectivity index (χ2n) is 5.44. The van der Waals surface area contributed by atoms with Crippen molar-refractivity contribution in [3.8, 4) is 11.5 Å². The van der Waals surface area contributed by atoms with Crippen LogP contribution in [-0.4, -0.2) is 33.0 Å². The van der Waals surface area contributed by atoms with Crippen molar-refractivity contribution in [2.45, 2.75) is 32.8 Å². The predicted octanol–water partition coefficient (Wildman–Crippen LogP) is 1.80. The molecule has 0 saturated heterocycles. The molecule has 0 bridgehead atoms. The summed E-state index contributed by atoms with van der Waals surface area (Å²) in [5.41, 5.74) is -2.87. The maximum Gasteiger partial charge on any atom is 0.343 e. The molecule has 0 spiro atoms. The molecule has 2 atom stereocenters. The van der Waals surface area contributed by atoms with Crippen LogP contribution in [0.3, 0.4) is 0 Å². The summed E-state index contributed by atoms with van der Waals surface area (Å²) in [4.78, 5) is 35.5. The Kier molecular flexibility index (Phi) is 3.60. The number of carbonyl (C=O) groups is 3. The molecule has 118 valence electrons. The molecular weight excluding hydrogens is 292 g/mol. The van der Waals surface area contributed by atoms with Crippen molar-refractivity contribution >= 4 is 17.7 Å². The van der Waals surface area contributed by atoms with Gasteiger partial charge >= 0.3 is 11.9 Å². The third-order valence-electron chi connectivity index (χ3n) is 4.04. The molecular formula is C15H16O7. The molecule has 0 saturated carbocycles. The molecule has 1 aliphatic heterocycles. The first-order chi connectivity index (χ1) is 10.1. The number of ketones is 1. The summed E-state index contributed by atoms with van der Waals surface area (Å²) in [6, 6.07) is 0.990. The number of carboxylic acid groups (broad SMARTS) is 1. The van der Waals surface area contributed by atoms with E-state index in [-0.39, 0.29) is 11.3 Å². The Morgan fingerprint density at radius 2 is 1.95 bits per heavy atom. The molecule has 1 aliphatic rings. The third-order valence-corrected chi connectivity index (χ3v) is 4.04. The molecule has 22 heavy (non-hydrogen) atoms. The van der Waals surface area contributed by atoms with Gasteiger partial charge in [0.05, 0.1) is 0 Å². The van der Waals surface area contributed by atoms with Gasteiger partial charge in [-0.05, 0) is 19.4 Å². The van der Waals surface area contributed by atoms with Crippen molar-refractivity contribution in [2.75, 3.05) is 0 Å². The Labute approximate surface area is 126 Å². The van der Waals surface area contributed by atoms with Gasteiger partial charge in [-0.1, -0.05) is 13.8 Å². The van der Waals surface area contributed by atoms with E-state index in [1.165, 1.54) is 6.92 Å². The molecule has 0 fully saturated rings. The summed E-state index contributed by atoms with van der Waals surface area (Å²) in [5, 5.41) is 28.8. The molecule has 2 unspecified atom stereocenters. The van der Waals surface area contributed by atoms with E-state index in [0.717, 1.165) is 6.07 Å². The van der Waals surface area contributed by atoms with Crippen LogP contribution in [0.4, 0.5) is 0 Å². The minimum atomic E-state index is -1.66. The Morgan fingerprint density at radius 3 is 2.45 bits per heavy atom. The van der Waals surface area contributed by atoms with E-state index in [0.29, 0.717) is 6.42 Å². The number of phenols is 2. The summed E-state index contributed by atoms with van der Waals surface area (Å²) in [5.74, 6) is -5.00. The Morgan fingerprint density at radius 1 is 1.36 bits per heavy atom. The zero-order valence-corrected chi connectivity index (χ0v) is 12.3. The van der Waals surface area contributed by atoms with Gasteiger partial charge in [0.25, 0.3) is 0 Å². The molecule has 7 heteroatoms. The fourth-order valence-electron chi connectivity index (χ4n) is 2.58. The summed E-state index contributed by atoms with van der Waals surface area (Å²) < 4.78 is 5.12. The highest BCUT2D eigenvalue weighted by atomic mass is 16.6. The maximum atomic E-state index is 12.5. The number of esters is 1. The molecule has 0 aliphatic carbocycles. The van der Waals surface area contributed by atoms with Gasteiger partial charge in [0.15, 0.2) is 11.4 Å². The average Bonchev–Trinajstić information content (AvgIpc) is 2.69. The number of ether oxygens (including phenoxy) is 1. The fourth-order valence-corrected chi connectivity index (χ4v) is 2.58. The Balaban J connectivity index is 2.72. The lowest BCUT2D eigenvalue weighted by molar-refractivity contribution is -0.140. The van der Waals surface area contributed by atoms with Crippen molar-refractivity contribution in [2.24, 2.45) is 5.92 Å². The number of aromatic hydroxyl groups is 2. The van der Waals surface area contributed by atoms with Crippen LogP contribution in [0.5, 0.6) is 11.5 Å². The Bertz CT molecular complexity index is 692. The van der Waals surface area contributed by atoms with Gasteiger partial charge < -0.3 is 20.1 Å². The maximum absolute atomic E-state index is 12.5. The van der Waals surface area contributed by atoms with Crippen LogP contribution in [0.25, 0.3) is 0 Å². The van der Waals surface area contributed by atoms with E-state index in [1.807, 2.05) is 0 Å². The van der Waals surface area contributed by atoms with E-state index in [2.05, 4.69) is 0 Å². The average molecular weight is 308 g/mol. The van der Waals surface area contributed by atoms with Crippen LogP contribution in [0.1, 0.15) is 53.5 Å². The van der Waals surface area contributed by atoms with Gasteiger partial charge in [-0.15, -0.1) is 0 Å². The number of carbonyl (C=O) groups excluding carboxylic acids is 2. The molecule has 0 radical (unpaired) electrons. The molecule has 0 amide bonds. The van der Waals surface area contributed by atoms with Crippen LogP contribution in [-0.2, 0) is 15.1 Å². The highest BCUT2D eigenvalue weighted by molar-refractivity contribution is 6.08. The van der Waals surface area contributed by atoms with Gasteiger partial charge in [-0.2, -0.15) is 0 Å². The lowest BCUT2D eigenvalue weighted by Gasteiger charge is -2.25. The van der Waals surface area contributed by atoms with Crippen molar-refractivity contribution < 1.29 is 34.4 Å². The molecule has 0 aromatic heterocycles. The van der Waals surface area contributed by atoms with E-state index in [4.69, 9.17) is 9.84 Å². The first kappa shape index (κ1) is 15.8. The summed E-state index contributed by atoms with van der Waals surface area (Å²) in [7, 11) is 0. The molecule has 3 N–H and O–H groups in total. The van der Waals surface area contributed by atoms with E-state index in [9.17, 15) is 24.6 Å². The zero-order valence-electron chi connectivity index (χ0n) is 12.3. The zero-order chi connectivity index (χ0) is 16.8. The number of cyclic esters (lactones) is 1. The predicted molar refractivity (Wildman–Crippen MR) is 74.0 cm³/mol. The largest absolute Gasteiger partial charge is 0.507 e. The van der Waals surface area contributed by atoms with Crippen molar-refractivity contribution in [3.05, 3.63) is 22.8 Å². The fraction of sp³-hybridized carbons (Fsp3) is 0.400. The van der Waals surface area contributed by atoms with Crippen LogP contribution in [0, 0.1) is 5.92 Å². The summed E-state index contributed by atoms with van der Waals surface area (Å²) >= 11 is 0. The topological polar surface area (TPSA) is 121 Å². The number of hydrogen-bond donors (Lipinski definition) is 3. The lowest BCUT2D eigenvalue weighted by atomic mass is 9.83. The molecule has 7 nitrogen and oxygen atoms in total. The van der Waals surface area contributed by atoms with Crippen molar-refractivity contribution in [1.29, 1.82) is 0 Å². The number of benzene rings is 1. The second-order valence-corrected chi connectivity index (χ2v) is 5.44. The van der Waals surface area contributed by atoms with E-state index in [1.54, 1.807) is 13.8 Å². The third kappa shape index (κ3) is 2.01. The van der Waals surface area contributed by atoms with Gasteiger partial charge in [-0.3, -0.25) is 4.79 Å². The van der Waals surface area contributed by atoms with E-state index >= 15 is 0 Å². The first-order valence-electron chi connectivity index (χ1n) is 6.75. The summed E-state index contributed by atoms with van der Waals surface area (Å²) in [6.45, 7) is 4.83. The first-order valence-corrected chi connectivity index (χ1v) is 6.75. The molecule has 1 aromatic rings. The number of fused-ring (bicyclic) bond motifs is 1. The highest BCUT2D eigenvalue weighted by Gasteiger charge is 2.51. The van der Waals surface area contributed by atoms with Crippen LogP contribution in [0.2, 0.25) is 0 Å². The van der Waals surface area contributed by atoms with Crippen LogP contribution in [0.15, 0.2) is 6.07 Å². The number of rotatable bonds is 4. The van der Waals surface area contributed by atoms with Gasteiger partial charge in [-0.25, -0.2) is 9.59 Å². The van der Waals surface area contributed by atoms with E-state index < -0.39 is 46.1 Å². The standard InChI is InChI=1S/C15H16O7/c1-4-6(2)12(18)15(3)7-5-8(16)10(13(19)20)11(17)9(7)14(21)22-15/h5-6,16-17H,4H2,1-3H3,(H,19,20). The molecule has 1 aromatic carbocycles. The van der Waals surface area contributed by atoms with Gasteiger partial charge in [0.2, 0.25) is 0 Å². The molecule has 2 rings (SSSR count). The summed E-state index contributed by atoms with van der Waals surface area (Å²) in [6.07, 6.45) is 0.520. The van der Waals surface area contributed by atoms with Gasteiger partial charge in [0.1, 0.15) is 22.6 Å². The molecule has 1 heterocycles. The minimum absolute atomic E-state index is 0.0252. The smallest absolute Gasteiger partial charge is 0.343 e. The second kappa shape index (κ2) is 5.01. The van der Waals surface area contributed by atoms with Gasteiger partial charge in [0, 0.05) is 11.5 Å². The Hall–Kier alpha value is -2.57. The number of aromatic carboxylic acids is 1. The number of Topliss-reactive ketones (excluding diaryl/α,β-unsaturated/α-hetero) is 1. The highest BCUT2D eigenvalue weighted by Crippen LogP contribution is 2.46. The number of carboxylic acids is 1. The van der Waals surface area contributed by atoms with Crippen molar-refractivity contribution in [1.82, 2.24) is 0 Å². The quantitative estimate of drug-likeness (QED) is 0.725. The lowest BCUT2D eigenvalue weighted by Crippen LogP contribution is -2.36.